The standard InChI is InChI=1S/C17H16N2O3/c1-21-15-8-4-5-9-16(15)22-11-10-19-14-7-3-2-6-13(14)18-17(19)12-20/h2-9,12H,10-11H2,1H3. The highest BCUT2D eigenvalue weighted by atomic mass is 16.5. The van der Waals surface area contributed by atoms with E-state index in [1.807, 2.05) is 53.1 Å². The molecule has 0 N–H and O–H groups in total. The number of fused-ring (bicyclic) bond motifs is 1. The summed E-state index contributed by atoms with van der Waals surface area (Å²) in [6.45, 7) is 0.953. The zero-order valence-corrected chi connectivity index (χ0v) is 12.2. The second-order valence-electron chi connectivity index (χ2n) is 4.73. The van der Waals surface area contributed by atoms with Crippen LogP contribution in [0.15, 0.2) is 48.5 Å². The molecule has 0 unspecified atom stereocenters. The number of methoxy groups -OCH3 is 1. The number of carbonyl (C=O) groups excluding carboxylic acids is 1. The summed E-state index contributed by atoms with van der Waals surface area (Å²) in [4.78, 5) is 15.5. The van der Waals surface area contributed by atoms with Crippen LogP contribution < -0.4 is 9.47 Å². The third-order valence-corrected chi connectivity index (χ3v) is 3.43. The lowest BCUT2D eigenvalue weighted by atomic mass is 10.3. The number of nitrogens with zero attached hydrogens (tertiary/aromatic N) is 2. The van der Waals surface area contributed by atoms with Gasteiger partial charge in [0.1, 0.15) is 6.61 Å². The van der Waals surface area contributed by atoms with Crippen molar-refractivity contribution < 1.29 is 14.3 Å². The van der Waals surface area contributed by atoms with Gasteiger partial charge in [0.05, 0.1) is 24.7 Å². The number of ether oxygens (including phenoxy) is 2. The fourth-order valence-corrected chi connectivity index (χ4v) is 2.40. The van der Waals surface area contributed by atoms with Gasteiger partial charge in [0, 0.05) is 0 Å². The fraction of sp³-hybridized carbons (Fsp3) is 0.176. The summed E-state index contributed by atoms with van der Waals surface area (Å²) in [6.07, 6.45) is 0.767. The minimum Gasteiger partial charge on any atom is -0.493 e. The molecular formula is C17H16N2O3. The van der Waals surface area contributed by atoms with E-state index >= 15 is 0 Å². The van der Waals surface area contributed by atoms with Crippen LogP contribution in [-0.2, 0) is 6.54 Å². The maximum Gasteiger partial charge on any atom is 0.185 e. The van der Waals surface area contributed by atoms with Crippen molar-refractivity contribution in [3.8, 4) is 11.5 Å². The van der Waals surface area contributed by atoms with Gasteiger partial charge in [0.25, 0.3) is 0 Å². The maximum atomic E-state index is 11.2. The summed E-state index contributed by atoms with van der Waals surface area (Å²) in [5, 5.41) is 0. The summed E-state index contributed by atoms with van der Waals surface area (Å²) >= 11 is 0. The van der Waals surface area contributed by atoms with Crippen molar-refractivity contribution in [1.82, 2.24) is 9.55 Å². The molecule has 1 heterocycles. The van der Waals surface area contributed by atoms with Crippen LogP contribution in [0.2, 0.25) is 0 Å². The molecule has 0 amide bonds. The smallest absolute Gasteiger partial charge is 0.185 e. The van der Waals surface area contributed by atoms with Gasteiger partial charge < -0.3 is 14.0 Å². The highest BCUT2D eigenvalue weighted by molar-refractivity contribution is 5.82. The van der Waals surface area contributed by atoms with Crippen LogP contribution in [0.3, 0.4) is 0 Å². The van der Waals surface area contributed by atoms with E-state index in [9.17, 15) is 4.79 Å². The molecule has 0 radical (unpaired) electrons. The average Bonchev–Trinajstić information content (AvgIpc) is 2.93. The predicted octanol–water partition coefficient (Wildman–Crippen LogP) is 2.94. The predicted molar refractivity (Wildman–Crippen MR) is 83.6 cm³/mol. The van der Waals surface area contributed by atoms with E-state index in [0.29, 0.717) is 30.5 Å². The quantitative estimate of drug-likeness (QED) is 0.656. The van der Waals surface area contributed by atoms with E-state index < -0.39 is 0 Å². The van der Waals surface area contributed by atoms with E-state index in [1.165, 1.54) is 0 Å². The molecule has 0 saturated carbocycles. The van der Waals surface area contributed by atoms with Crippen LogP contribution in [0.4, 0.5) is 0 Å². The van der Waals surface area contributed by atoms with Gasteiger partial charge in [-0.15, -0.1) is 0 Å². The van der Waals surface area contributed by atoms with Gasteiger partial charge in [0.15, 0.2) is 23.6 Å². The molecule has 0 aliphatic heterocycles. The van der Waals surface area contributed by atoms with Crippen LogP contribution in [-0.4, -0.2) is 29.6 Å². The number of aromatic nitrogens is 2. The van der Waals surface area contributed by atoms with Crippen molar-refractivity contribution in [2.45, 2.75) is 6.54 Å². The molecule has 2 aromatic carbocycles. The molecule has 0 saturated heterocycles. The third kappa shape index (κ3) is 2.65. The Balaban J connectivity index is 1.78. The number of hydrogen-bond acceptors (Lipinski definition) is 4. The minimum absolute atomic E-state index is 0.407. The van der Waals surface area contributed by atoms with E-state index in [0.717, 1.165) is 17.3 Å². The number of benzene rings is 2. The number of para-hydroxylation sites is 4. The lowest BCUT2D eigenvalue weighted by Crippen LogP contribution is -2.11. The normalized spacial score (nSPS) is 10.6. The number of imidazole rings is 1. The lowest BCUT2D eigenvalue weighted by molar-refractivity contribution is 0.111. The summed E-state index contributed by atoms with van der Waals surface area (Å²) in [5.74, 6) is 1.78. The molecule has 0 aliphatic carbocycles. The second-order valence-corrected chi connectivity index (χ2v) is 4.73. The summed E-state index contributed by atoms with van der Waals surface area (Å²) in [5.41, 5.74) is 1.73. The molecule has 0 fully saturated rings. The summed E-state index contributed by atoms with van der Waals surface area (Å²) < 4.78 is 12.9. The Kier molecular flexibility index (Phi) is 4.05. The zero-order chi connectivity index (χ0) is 15.4. The molecule has 22 heavy (non-hydrogen) atoms. The Morgan fingerprint density at radius 2 is 1.82 bits per heavy atom. The zero-order valence-electron chi connectivity index (χ0n) is 12.2. The van der Waals surface area contributed by atoms with Crippen molar-refractivity contribution in [2.24, 2.45) is 0 Å². The first-order valence-corrected chi connectivity index (χ1v) is 6.99. The lowest BCUT2D eigenvalue weighted by Gasteiger charge is -2.11. The first kappa shape index (κ1) is 14.1. The molecule has 0 spiro atoms. The van der Waals surface area contributed by atoms with Gasteiger partial charge >= 0.3 is 0 Å². The minimum atomic E-state index is 0.407. The van der Waals surface area contributed by atoms with Gasteiger partial charge in [-0.2, -0.15) is 0 Å². The molecule has 0 bridgehead atoms. The number of aldehydes is 1. The topological polar surface area (TPSA) is 53.4 Å². The molecule has 5 nitrogen and oxygen atoms in total. The molecule has 0 atom stereocenters. The monoisotopic (exact) mass is 296 g/mol. The van der Waals surface area contributed by atoms with Crippen LogP contribution in [0.5, 0.6) is 11.5 Å². The molecular weight excluding hydrogens is 280 g/mol. The number of rotatable bonds is 6. The molecule has 3 rings (SSSR count). The van der Waals surface area contributed by atoms with Crippen LogP contribution in [0, 0.1) is 0 Å². The summed E-state index contributed by atoms with van der Waals surface area (Å²) in [7, 11) is 1.61. The van der Waals surface area contributed by atoms with Gasteiger partial charge in [0.2, 0.25) is 0 Å². The van der Waals surface area contributed by atoms with Crippen molar-refractivity contribution in [2.75, 3.05) is 13.7 Å². The van der Waals surface area contributed by atoms with Crippen LogP contribution >= 0.6 is 0 Å². The SMILES string of the molecule is COc1ccccc1OCCn1c(C=O)nc2ccccc21. The van der Waals surface area contributed by atoms with Gasteiger partial charge in [-0.1, -0.05) is 24.3 Å². The highest BCUT2D eigenvalue weighted by Crippen LogP contribution is 2.25. The second kappa shape index (κ2) is 6.30. The van der Waals surface area contributed by atoms with Crippen molar-refractivity contribution in [1.29, 1.82) is 0 Å². The number of carbonyl (C=O) groups is 1. The molecule has 1 aromatic heterocycles. The highest BCUT2D eigenvalue weighted by Gasteiger charge is 2.10. The first-order valence-electron chi connectivity index (χ1n) is 6.99. The van der Waals surface area contributed by atoms with E-state index in [2.05, 4.69) is 4.98 Å². The van der Waals surface area contributed by atoms with Crippen molar-refractivity contribution in [3.05, 3.63) is 54.4 Å². The van der Waals surface area contributed by atoms with Gasteiger partial charge in [-0.05, 0) is 24.3 Å². The Hall–Kier alpha value is -2.82. The molecule has 5 heteroatoms. The van der Waals surface area contributed by atoms with Crippen molar-refractivity contribution in [3.63, 3.8) is 0 Å². The first-order chi connectivity index (χ1) is 10.8. The van der Waals surface area contributed by atoms with Gasteiger partial charge in [-0.25, -0.2) is 4.98 Å². The van der Waals surface area contributed by atoms with E-state index in [1.54, 1.807) is 7.11 Å². The summed E-state index contributed by atoms with van der Waals surface area (Å²) in [6, 6.07) is 15.1. The Morgan fingerprint density at radius 1 is 1.09 bits per heavy atom. The molecule has 3 aromatic rings. The van der Waals surface area contributed by atoms with Crippen LogP contribution in [0.25, 0.3) is 11.0 Å². The molecule has 0 aliphatic rings. The van der Waals surface area contributed by atoms with Crippen LogP contribution in [0.1, 0.15) is 10.6 Å². The van der Waals surface area contributed by atoms with Crippen molar-refractivity contribution >= 4 is 17.3 Å². The molecule has 112 valence electrons. The maximum absolute atomic E-state index is 11.2. The third-order valence-electron chi connectivity index (χ3n) is 3.43. The Bertz CT molecular complexity index is 795. The number of hydrogen-bond donors (Lipinski definition) is 0. The van der Waals surface area contributed by atoms with Gasteiger partial charge in [-0.3, -0.25) is 4.79 Å². The largest absolute Gasteiger partial charge is 0.493 e. The Labute approximate surface area is 128 Å². The van der Waals surface area contributed by atoms with E-state index in [-0.39, 0.29) is 0 Å². The Morgan fingerprint density at radius 3 is 2.59 bits per heavy atom. The van der Waals surface area contributed by atoms with E-state index in [4.69, 9.17) is 9.47 Å². The fourth-order valence-electron chi connectivity index (χ4n) is 2.40. The average molecular weight is 296 g/mol.